The number of nitrogens with zero attached hydrogens (tertiary/aromatic N) is 2. The van der Waals surface area contributed by atoms with Crippen molar-refractivity contribution >= 4 is 47.1 Å². The van der Waals surface area contributed by atoms with Crippen LogP contribution in [-0.4, -0.2) is 68.2 Å². The van der Waals surface area contributed by atoms with E-state index < -0.39 is 60.6 Å². The van der Waals surface area contributed by atoms with E-state index in [9.17, 15) is 28.8 Å². The van der Waals surface area contributed by atoms with Gasteiger partial charge in [0.2, 0.25) is 0 Å². The topological polar surface area (TPSA) is 232 Å². The Hall–Kier alpha value is -5.14. The maximum atomic E-state index is 12.3. The van der Waals surface area contributed by atoms with E-state index in [0.717, 1.165) is 0 Å². The van der Waals surface area contributed by atoms with Crippen molar-refractivity contribution in [3.05, 3.63) is 59.7 Å². The normalized spacial score (nSPS) is 12.3. The number of hydrogen-bond donors (Lipinski definition) is 6. The van der Waals surface area contributed by atoms with E-state index in [2.05, 4.69) is 20.9 Å². The minimum absolute atomic E-state index is 0.129. The lowest BCUT2D eigenvalue weighted by atomic mass is 10.1. The first-order chi connectivity index (χ1) is 18.0. The van der Waals surface area contributed by atoms with Crippen molar-refractivity contribution in [2.45, 2.75) is 37.8 Å². The molecular weight excluding hydrogens is 504 g/mol. The van der Waals surface area contributed by atoms with Crippen molar-refractivity contribution in [2.24, 2.45) is 10.2 Å². The SMILES string of the molecule is O=C(O)CC[C@@H](NC(=O)c1ccc(N=Nc2ccc(C(=O)N[C@H](CCC(=O)O)C(=O)O)cc2)cc1)C(=O)O. The Kier molecular flexibility index (Phi) is 10.6. The summed E-state index contributed by atoms with van der Waals surface area (Å²) < 4.78 is 0. The molecule has 0 spiro atoms. The largest absolute Gasteiger partial charge is 0.481 e. The van der Waals surface area contributed by atoms with Crippen LogP contribution in [0, 0.1) is 0 Å². The minimum Gasteiger partial charge on any atom is -0.481 e. The fourth-order valence-corrected chi connectivity index (χ4v) is 3.01. The van der Waals surface area contributed by atoms with Crippen molar-refractivity contribution in [1.29, 1.82) is 0 Å². The summed E-state index contributed by atoms with van der Waals surface area (Å²) >= 11 is 0. The number of aliphatic carboxylic acids is 4. The standard InChI is InChI=1S/C24H24N4O10/c29-19(30)11-9-17(23(35)36)25-21(33)13-1-5-15(6-2-13)27-28-16-7-3-14(4-8-16)22(34)26-18(24(37)38)10-12-20(31)32/h1-8,17-18H,9-12H2,(H,25,33)(H,26,34)(H,29,30)(H,31,32)(H,35,36)(H,37,38)/t17-,18-/m1/s1. The highest BCUT2D eigenvalue weighted by atomic mass is 16.4. The van der Waals surface area contributed by atoms with Gasteiger partial charge in [-0.1, -0.05) is 0 Å². The summed E-state index contributed by atoms with van der Waals surface area (Å²) in [4.78, 5) is 68.3. The third-order valence-corrected chi connectivity index (χ3v) is 5.04. The summed E-state index contributed by atoms with van der Waals surface area (Å²) in [5.41, 5.74) is 0.964. The molecule has 0 unspecified atom stereocenters. The van der Waals surface area contributed by atoms with Gasteiger partial charge in [0.05, 0.1) is 11.4 Å². The van der Waals surface area contributed by atoms with Gasteiger partial charge < -0.3 is 31.1 Å². The maximum absolute atomic E-state index is 12.3. The van der Waals surface area contributed by atoms with Gasteiger partial charge in [0.1, 0.15) is 12.1 Å². The second-order valence-electron chi connectivity index (χ2n) is 7.89. The molecule has 14 nitrogen and oxygen atoms in total. The van der Waals surface area contributed by atoms with Crippen LogP contribution in [0.25, 0.3) is 0 Å². The quantitative estimate of drug-likeness (QED) is 0.196. The number of amides is 2. The highest BCUT2D eigenvalue weighted by molar-refractivity contribution is 5.97. The Balaban J connectivity index is 1.98. The molecule has 0 bridgehead atoms. The van der Waals surface area contributed by atoms with Gasteiger partial charge in [-0.05, 0) is 61.4 Å². The molecule has 0 saturated carbocycles. The predicted molar refractivity (Wildman–Crippen MR) is 129 cm³/mol. The Labute approximate surface area is 215 Å². The van der Waals surface area contributed by atoms with E-state index in [1.165, 1.54) is 48.5 Å². The van der Waals surface area contributed by atoms with Gasteiger partial charge in [0.25, 0.3) is 11.8 Å². The number of nitrogens with one attached hydrogen (secondary N) is 2. The summed E-state index contributed by atoms with van der Waals surface area (Å²) in [6.45, 7) is 0. The number of carbonyl (C=O) groups is 6. The average Bonchev–Trinajstić information content (AvgIpc) is 2.87. The van der Waals surface area contributed by atoms with Crippen LogP contribution in [0.2, 0.25) is 0 Å². The van der Waals surface area contributed by atoms with Gasteiger partial charge >= 0.3 is 23.9 Å². The molecular formula is C24H24N4O10. The smallest absolute Gasteiger partial charge is 0.326 e. The van der Waals surface area contributed by atoms with Gasteiger partial charge in [0, 0.05) is 24.0 Å². The second kappa shape index (κ2) is 13.8. The highest BCUT2D eigenvalue weighted by Gasteiger charge is 2.22. The first kappa shape index (κ1) is 29.1. The van der Waals surface area contributed by atoms with E-state index >= 15 is 0 Å². The molecule has 2 aromatic rings. The molecule has 0 aromatic heterocycles. The zero-order valence-electron chi connectivity index (χ0n) is 19.7. The molecule has 0 aliphatic carbocycles. The number of carbonyl (C=O) groups excluding carboxylic acids is 2. The monoisotopic (exact) mass is 528 g/mol. The number of benzene rings is 2. The summed E-state index contributed by atoms with van der Waals surface area (Å²) in [6, 6.07) is 8.64. The molecule has 2 amide bonds. The van der Waals surface area contributed by atoms with Crippen LogP contribution in [-0.2, 0) is 19.2 Å². The van der Waals surface area contributed by atoms with Crippen LogP contribution in [0.4, 0.5) is 11.4 Å². The van der Waals surface area contributed by atoms with Crippen molar-refractivity contribution in [3.63, 3.8) is 0 Å². The van der Waals surface area contributed by atoms with Crippen LogP contribution < -0.4 is 10.6 Å². The zero-order chi connectivity index (χ0) is 28.2. The lowest BCUT2D eigenvalue weighted by Crippen LogP contribution is -2.41. The van der Waals surface area contributed by atoms with Gasteiger partial charge in [-0.25, -0.2) is 9.59 Å². The van der Waals surface area contributed by atoms with Crippen LogP contribution in [0.15, 0.2) is 58.8 Å². The Morgan fingerprint density at radius 3 is 1.16 bits per heavy atom. The van der Waals surface area contributed by atoms with E-state index in [1.807, 2.05) is 0 Å². The van der Waals surface area contributed by atoms with E-state index in [4.69, 9.17) is 20.4 Å². The molecule has 200 valence electrons. The van der Waals surface area contributed by atoms with Gasteiger partial charge in [0.15, 0.2) is 0 Å². The molecule has 0 fully saturated rings. The summed E-state index contributed by atoms with van der Waals surface area (Å²) in [7, 11) is 0. The molecule has 6 N–H and O–H groups in total. The number of carboxylic acid groups (broad SMARTS) is 4. The number of azo groups is 1. The average molecular weight is 528 g/mol. The van der Waals surface area contributed by atoms with Crippen LogP contribution in [0.5, 0.6) is 0 Å². The molecule has 0 radical (unpaired) electrons. The van der Waals surface area contributed by atoms with Crippen molar-refractivity contribution < 1.29 is 49.2 Å². The highest BCUT2D eigenvalue weighted by Crippen LogP contribution is 2.19. The third kappa shape index (κ3) is 9.49. The number of carboxylic acids is 4. The summed E-state index contributed by atoms with van der Waals surface area (Å²) in [5, 5.41) is 48.2. The fourth-order valence-electron chi connectivity index (χ4n) is 3.01. The maximum Gasteiger partial charge on any atom is 0.326 e. The lowest BCUT2D eigenvalue weighted by Gasteiger charge is -2.13. The van der Waals surface area contributed by atoms with Crippen LogP contribution in [0.1, 0.15) is 46.4 Å². The zero-order valence-corrected chi connectivity index (χ0v) is 19.7. The molecule has 2 atom stereocenters. The first-order valence-corrected chi connectivity index (χ1v) is 11.1. The van der Waals surface area contributed by atoms with E-state index in [0.29, 0.717) is 11.4 Å². The number of rotatable bonds is 14. The van der Waals surface area contributed by atoms with Gasteiger partial charge in [-0.3, -0.25) is 19.2 Å². The van der Waals surface area contributed by atoms with E-state index in [-0.39, 0.29) is 24.0 Å². The molecule has 0 aliphatic heterocycles. The van der Waals surface area contributed by atoms with Crippen LogP contribution in [0.3, 0.4) is 0 Å². The van der Waals surface area contributed by atoms with Gasteiger partial charge in [-0.2, -0.15) is 10.2 Å². The first-order valence-electron chi connectivity index (χ1n) is 11.1. The molecule has 0 aliphatic rings. The summed E-state index contributed by atoms with van der Waals surface area (Å²) in [6.07, 6.45) is -1.38. The molecule has 38 heavy (non-hydrogen) atoms. The Morgan fingerprint density at radius 2 is 0.895 bits per heavy atom. The lowest BCUT2D eigenvalue weighted by molar-refractivity contribution is -0.142. The molecule has 14 heteroatoms. The summed E-state index contributed by atoms with van der Waals surface area (Å²) in [5.74, 6) is -6.47. The van der Waals surface area contributed by atoms with Crippen molar-refractivity contribution in [2.75, 3.05) is 0 Å². The molecule has 2 rings (SSSR count). The Morgan fingerprint density at radius 1 is 0.579 bits per heavy atom. The van der Waals surface area contributed by atoms with Crippen LogP contribution >= 0.6 is 0 Å². The fraction of sp³-hybridized carbons (Fsp3) is 0.250. The third-order valence-electron chi connectivity index (χ3n) is 5.04. The molecule has 0 saturated heterocycles. The van der Waals surface area contributed by atoms with Gasteiger partial charge in [-0.15, -0.1) is 0 Å². The minimum atomic E-state index is -1.36. The van der Waals surface area contributed by atoms with E-state index in [1.54, 1.807) is 0 Å². The molecule has 2 aromatic carbocycles. The molecule has 0 heterocycles. The second-order valence-corrected chi connectivity index (χ2v) is 7.89. The Bertz CT molecular complexity index is 1130. The predicted octanol–water partition coefficient (Wildman–Crippen LogP) is 2.20. The van der Waals surface area contributed by atoms with Crippen molar-refractivity contribution in [3.8, 4) is 0 Å². The number of hydrogen-bond acceptors (Lipinski definition) is 8. The van der Waals surface area contributed by atoms with Crippen molar-refractivity contribution in [1.82, 2.24) is 10.6 Å².